The molecule has 0 aliphatic carbocycles. The lowest BCUT2D eigenvalue weighted by molar-refractivity contribution is -0.161. The van der Waals surface area contributed by atoms with E-state index in [1.807, 2.05) is 4.90 Å². The van der Waals surface area contributed by atoms with Crippen LogP contribution in [-0.4, -0.2) is 72.4 Å². The van der Waals surface area contributed by atoms with E-state index >= 15 is 0 Å². The van der Waals surface area contributed by atoms with Crippen LogP contribution in [-0.2, 0) is 9.53 Å². The highest BCUT2D eigenvalue weighted by Crippen LogP contribution is 2.28. The van der Waals surface area contributed by atoms with Crippen LogP contribution in [0.5, 0.6) is 0 Å². The fourth-order valence-electron chi connectivity index (χ4n) is 3.61. The third-order valence-electron chi connectivity index (χ3n) is 4.72. The number of hydrogen-bond donors (Lipinski definition) is 1. The van der Waals surface area contributed by atoms with Gasteiger partial charge in [-0.15, -0.1) is 0 Å². The third-order valence-corrected chi connectivity index (χ3v) is 4.72. The SMILES string of the molecule is COC1CCN(CC2(O)CCCN(CC(C)(C)C)C2=O)CC1. The molecule has 2 rings (SSSR count). The number of β-amino-alcohol motifs (C(OH)–C–C–N with tert-alkyl or cyclic N) is 1. The van der Waals surface area contributed by atoms with Crippen LogP contribution >= 0.6 is 0 Å². The van der Waals surface area contributed by atoms with E-state index < -0.39 is 5.60 Å². The molecular formula is C17H32N2O3. The molecule has 0 aromatic carbocycles. The van der Waals surface area contributed by atoms with E-state index in [9.17, 15) is 9.90 Å². The van der Waals surface area contributed by atoms with Crippen LogP contribution in [0.3, 0.4) is 0 Å². The normalized spacial score (nSPS) is 29.1. The maximum Gasteiger partial charge on any atom is 0.255 e. The van der Waals surface area contributed by atoms with E-state index in [0.717, 1.165) is 38.9 Å². The second-order valence-corrected chi connectivity index (χ2v) is 8.13. The fourth-order valence-corrected chi connectivity index (χ4v) is 3.61. The van der Waals surface area contributed by atoms with Crippen LogP contribution < -0.4 is 0 Å². The quantitative estimate of drug-likeness (QED) is 0.855. The van der Waals surface area contributed by atoms with Crippen molar-refractivity contribution >= 4 is 5.91 Å². The number of amides is 1. The summed E-state index contributed by atoms with van der Waals surface area (Å²) in [6.45, 7) is 10.1. The number of nitrogens with zero attached hydrogens (tertiary/aromatic N) is 2. The summed E-state index contributed by atoms with van der Waals surface area (Å²) in [5.74, 6) is -0.0810. The van der Waals surface area contributed by atoms with E-state index in [0.29, 0.717) is 25.6 Å². The Morgan fingerprint density at radius 3 is 2.45 bits per heavy atom. The molecule has 1 atom stereocenters. The van der Waals surface area contributed by atoms with Crippen molar-refractivity contribution in [2.24, 2.45) is 5.41 Å². The van der Waals surface area contributed by atoms with Crippen LogP contribution in [0, 0.1) is 5.41 Å². The Balaban J connectivity index is 1.95. The van der Waals surface area contributed by atoms with Gasteiger partial charge in [-0.25, -0.2) is 0 Å². The van der Waals surface area contributed by atoms with Crippen LogP contribution in [0.25, 0.3) is 0 Å². The predicted molar refractivity (Wildman–Crippen MR) is 86.7 cm³/mol. The molecule has 0 spiro atoms. The topological polar surface area (TPSA) is 53.0 Å². The molecule has 0 radical (unpaired) electrons. The Morgan fingerprint density at radius 2 is 1.91 bits per heavy atom. The second kappa shape index (κ2) is 6.85. The third kappa shape index (κ3) is 4.43. The molecule has 5 heteroatoms. The van der Waals surface area contributed by atoms with Crippen molar-refractivity contribution in [1.29, 1.82) is 0 Å². The molecule has 1 amide bonds. The number of methoxy groups -OCH3 is 1. The van der Waals surface area contributed by atoms with E-state index in [1.165, 1.54) is 0 Å². The van der Waals surface area contributed by atoms with Crippen molar-refractivity contribution < 1.29 is 14.6 Å². The van der Waals surface area contributed by atoms with E-state index in [4.69, 9.17) is 4.74 Å². The van der Waals surface area contributed by atoms with Gasteiger partial charge in [0.15, 0.2) is 5.60 Å². The van der Waals surface area contributed by atoms with Gasteiger partial charge in [0.2, 0.25) is 0 Å². The smallest absolute Gasteiger partial charge is 0.255 e. The van der Waals surface area contributed by atoms with Gasteiger partial charge in [-0.05, 0) is 31.1 Å². The predicted octanol–water partition coefficient (Wildman–Crippen LogP) is 1.50. The van der Waals surface area contributed by atoms with Crippen molar-refractivity contribution in [2.45, 2.75) is 58.2 Å². The van der Waals surface area contributed by atoms with Crippen LogP contribution in [0.2, 0.25) is 0 Å². The monoisotopic (exact) mass is 312 g/mol. The Hall–Kier alpha value is -0.650. The summed E-state index contributed by atoms with van der Waals surface area (Å²) in [5, 5.41) is 10.9. The molecule has 128 valence electrons. The van der Waals surface area contributed by atoms with E-state index in [-0.39, 0.29) is 11.3 Å². The number of carbonyl (C=O) groups excluding carboxylic acids is 1. The van der Waals surface area contributed by atoms with Crippen molar-refractivity contribution in [1.82, 2.24) is 9.80 Å². The molecular weight excluding hydrogens is 280 g/mol. The lowest BCUT2D eigenvalue weighted by atomic mass is 9.88. The first-order chi connectivity index (χ1) is 10.2. The molecule has 5 nitrogen and oxygen atoms in total. The van der Waals surface area contributed by atoms with Crippen LogP contribution in [0.1, 0.15) is 46.5 Å². The lowest BCUT2D eigenvalue weighted by Crippen LogP contribution is -2.60. The van der Waals surface area contributed by atoms with Crippen LogP contribution in [0.15, 0.2) is 0 Å². The molecule has 0 bridgehead atoms. The minimum atomic E-state index is -1.20. The number of aliphatic hydroxyl groups is 1. The summed E-state index contributed by atoms with van der Waals surface area (Å²) in [4.78, 5) is 16.8. The summed E-state index contributed by atoms with van der Waals surface area (Å²) in [6.07, 6.45) is 3.74. The molecule has 2 fully saturated rings. The first kappa shape index (κ1) is 17.7. The largest absolute Gasteiger partial charge is 0.381 e. The van der Waals surface area contributed by atoms with Crippen molar-refractivity contribution in [3.8, 4) is 0 Å². The first-order valence-corrected chi connectivity index (χ1v) is 8.50. The van der Waals surface area contributed by atoms with E-state index in [1.54, 1.807) is 7.11 Å². The molecule has 2 heterocycles. The Kier molecular flexibility index (Phi) is 5.51. The highest BCUT2D eigenvalue weighted by Gasteiger charge is 2.44. The van der Waals surface area contributed by atoms with Crippen molar-refractivity contribution in [3.63, 3.8) is 0 Å². The number of piperidine rings is 2. The summed E-state index contributed by atoms with van der Waals surface area (Å²) in [5.41, 5.74) is -1.14. The summed E-state index contributed by atoms with van der Waals surface area (Å²) in [6, 6.07) is 0. The Labute approximate surface area is 134 Å². The van der Waals surface area contributed by atoms with Gasteiger partial charge in [-0.2, -0.15) is 0 Å². The maximum absolute atomic E-state index is 12.7. The Bertz CT molecular complexity index is 386. The van der Waals surface area contributed by atoms with E-state index in [2.05, 4.69) is 25.7 Å². The van der Waals surface area contributed by atoms with Gasteiger partial charge in [0, 0.05) is 39.8 Å². The van der Waals surface area contributed by atoms with Crippen molar-refractivity contribution in [3.05, 3.63) is 0 Å². The van der Waals surface area contributed by atoms with Crippen LogP contribution in [0.4, 0.5) is 0 Å². The minimum absolute atomic E-state index is 0.0602. The molecule has 2 saturated heterocycles. The maximum atomic E-state index is 12.7. The lowest BCUT2D eigenvalue weighted by Gasteiger charge is -2.43. The molecule has 0 aromatic rings. The highest BCUT2D eigenvalue weighted by atomic mass is 16.5. The zero-order valence-electron chi connectivity index (χ0n) is 14.6. The number of hydrogen-bond acceptors (Lipinski definition) is 4. The van der Waals surface area contributed by atoms with Gasteiger partial charge >= 0.3 is 0 Å². The molecule has 1 N–H and O–H groups in total. The number of carbonyl (C=O) groups is 1. The molecule has 22 heavy (non-hydrogen) atoms. The minimum Gasteiger partial charge on any atom is -0.381 e. The molecule has 2 aliphatic rings. The first-order valence-electron chi connectivity index (χ1n) is 8.50. The summed E-state index contributed by atoms with van der Waals surface area (Å²) in [7, 11) is 1.75. The molecule has 0 aromatic heterocycles. The average Bonchev–Trinajstić information content (AvgIpc) is 2.44. The van der Waals surface area contributed by atoms with Gasteiger partial charge in [-0.3, -0.25) is 9.69 Å². The average molecular weight is 312 g/mol. The fraction of sp³-hybridized carbons (Fsp3) is 0.941. The number of likely N-dealkylation sites (tertiary alicyclic amines) is 2. The second-order valence-electron chi connectivity index (χ2n) is 8.13. The van der Waals surface area contributed by atoms with Crippen molar-refractivity contribution in [2.75, 3.05) is 39.8 Å². The Morgan fingerprint density at radius 1 is 1.27 bits per heavy atom. The zero-order chi connectivity index (χ0) is 16.4. The standard InChI is InChI=1S/C17H32N2O3/c1-16(2,3)12-19-9-5-8-17(21,15(19)20)13-18-10-6-14(22-4)7-11-18/h14,21H,5-13H2,1-4H3. The molecule has 0 saturated carbocycles. The molecule has 2 aliphatic heterocycles. The van der Waals surface area contributed by atoms with Gasteiger partial charge in [0.25, 0.3) is 5.91 Å². The van der Waals surface area contributed by atoms with Gasteiger partial charge in [-0.1, -0.05) is 20.8 Å². The zero-order valence-corrected chi connectivity index (χ0v) is 14.6. The van der Waals surface area contributed by atoms with Gasteiger partial charge in [0.05, 0.1) is 6.10 Å². The number of rotatable bonds is 4. The number of ether oxygens (including phenoxy) is 1. The highest BCUT2D eigenvalue weighted by molar-refractivity contribution is 5.86. The van der Waals surface area contributed by atoms with Gasteiger partial charge < -0.3 is 14.7 Å². The van der Waals surface area contributed by atoms with Gasteiger partial charge in [0.1, 0.15) is 0 Å². The summed E-state index contributed by atoms with van der Waals surface area (Å²) < 4.78 is 5.38. The molecule has 1 unspecified atom stereocenters. The summed E-state index contributed by atoms with van der Waals surface area (Å²) >= 11 is 0.